The molecule has 15 heavy (non-hydrogen) atoms. The molecule has 0 aromatic carbocycles. The number of aromatic nitrogens is 1. The normalized spacial score (nSPS) is 15.5. The van der Waals surface area contributed by atoms with E-state index in [1.807, 2.05) is 25.1 Å². The molecule has 0 saturated carbocycles. The molecule has 1 N–H and O–H groups in total. The van der Waals surface area contributed by atoms with Gasteiger partial charge in [-0.2, -0.15) is 4.98 Å². The maximum absolute atomic E-state index is 5.34. The van der Waals surface area contributed by atoms with Crippen molar-refractivity contribution in [2.24, 2.45) is 0 Å². The van der Waals surface area contributed by atoms with Crippen LogP contribution in [-0.4, -0.2) is 17.6 Å². The first-order chi connectivity index (χ1) is 7.38. The fourth-order valence-electron chi connectivity index (χ4n) is 1.67. The summed E-state index contributed by atoms with van der Waals surface area (Å²) in [5, 5.41) is 3.39. The summed E-state index contributed by atoms with van der Waals surface area (Å²) in [6.45, 7) is 2.62. The van der Waals surface area contributed by atoms with Crippen molar-refractivity contribution in [2.45, 2.75) is 25.8 Å². The molecule has 0 spiro atoms. The predicted molar refractivity (Wildman–Crippen MR) is 61.2 cm³/mol. The summed E-state index contributed by atoms with van der Waals surface area (Å²) in [5.41, 5.74) is 0. The Hall–Kier alpha value is -1.51. The molecule has 2 rings (SSSR count). The van der Waals surface area contributed by atoms with E-state index >= 15 is 0 Å². The Balaban J connectivity index is 1.98. The second-order valence-electron chi connectivity index (χ2n) is 3.58. The monoisotopic (exact) mass is 204 g/mol. The summed E-state index contributed by atoms with van der Waals surface area (Å²) in [6.07, 6.45) is 6.56. The van der Waals surface area contributed by atoms with Crippen molar-refractivity contribution in [1.29, 1.82) is 0 Å². The van der Waals surface area contributed by atoms with Gasteiger partial charge in [-0.05, 0) is 25.8 Å². The second-order valence-corrected chi connectivity index (χ2v) is 3.58. The molecule has 0 bridgehead atoms. The van der Waals surface area contributed by atoms with Gasteiger partial charge in [0.1, 0.15) is 5.82 Å². The van der Waals surface area contributed by atoms with Crippen molar-refractivity contribution in [3.05, 3.63) is 30.4 Å². The van der Waals surface area contributed by atoms with Gasteiger partial charge in [-0.1, -0.05) is 18.2 Å². The molecule has 1 aliphatic carbocycles. The summed E-state index contributed by atoms with van der Waals surface area (Å²) < 4.78 is 5.34. The predicted octanol–water partition coefficient (Wildman–Crippen LogP) is 2.61. The van der Waals surface area contributed by atoms with Crippen LogP contribution in [-0.2, 0) is 0 Å². The van der Waals surface area contributed by atoms with Crippen LogP contribution in [0, 0.1) is 0 Å². The molecule has 3 heteroatoms. The zero-order valence-corrected chi connectivity index (χ0v) is 8.94. The van der Waals surface area contributed by atoms with Crippen molar-refractivity contribution < 1.29 is 4.74 Å². The zero-order chi connectivity index (χ0) is 10.5. The van der Waals surface area contributed by atoms with E-state index in [9.17, 15) is 0 Å². The number of anilines is 1. The molecule has 0 atom stereocenters. The molecular formula is C12H16N2O. The van der Waals surface area contributed by atoms with Crippen LogP contribution in [0.2, 0.25) is 0 Å². The average Bonchev–Trinajstić information content (AvgIpc) is 2.71. The van der Waals surface area contributed by atoms with Gasteiger partial charge in [0.2, 0.25) is 5.88 Å². The molecule has 3 nitrogen and oxygen atoms in total. The SMILES string of the molecule is CCOc1cccc(NC2CC=CC2)n1. The first-order valence-electron chi connectivity index (χ1n) is 5.40. The molecule has 0 aliphatic heterocycles. The van der Waals surface area contributed by atoms with Crippen LogP contribution >= 0.6 is 0 Å². The molecule has 1 aromatic heterocycles. The van der Waals surface area contributed by atoms with Gasteiger partial charge in [-0.15, -0.1) is 0 Å². The van der Waals surface area contributed by atoms with Gasteiger partial charge in [0.25, 0.3) is 0 Å². The molecule has 1 aromatic rings. The van der Waals surface area contributed by atoms with Gasteiger partial charge in [-0.25, -0.2) is 0 Å². The number of pyridine rings is 1. The summed E-state index contributed by atoms with van der Waals surface area (Å²) in [4.78, 5) is 4.36. The van der Waals surface area contributed by atoms with Gasteiger partial charge in [0.05, 0.1) is 6.61 Å². The Morgan fingerprint density at radius 2 is 2.20 bits per heavy atom. The van der Waals surface area contributed by atoms with Crippen LogP contribution in [0.15, 0.2) is 30.4 Å². The maximum Gasteiger partial charge on any atom is 0.215 e. The van der Waals surface area contributed by atoms with Crippen LogP contribution in [0.25, 0.3) is 0 Å². The minimum atomic E-state index is 0.495. The molecule has 1 aliphatic rings. The number of nitrogens with one attached hydrogen (secondary N) is 1. The zero-order valence-electron chi connectivity index (χ0n) is 8.94. The lowest BCUT2D eigenvalue weighted by Gasteiger charge is -2.13. The van der Waals surface area contributed by atoms with E-state index in [-0.39, 0.29) is 0 Å². The average molecular weight is 204 g/mol. The van der Waals surface area contributed by atoms with E-state index in [1.165, 1.54) is 0 Å². The Morgan fingerprint density at radius 1 is 1.40 bits per heavy atom. The van der Waals surface area contributed by atoms with E-state index in [1.54, 1.807) is 0 Å². The topological polar surface area (TPSA) is 34.1 Å². The highest BCUT2D eigenvalue weighted by Gasteiger charge is 2.10. The Bertz CT molecular complexity index is 341. The van der Waals surface area contributed by atoms with Crippen molar-refractivity contribution in [3.8, 4) is 5.88 Å². The smallest absolute Gasteiger partial charge is 0.215 e. The van der Waals surface area contributed by atoms with Crippen LogP contribution < -0.4 is 10.1 Å². The second kappa shape index (κ2) is 4.82. The molecule has 0 radical (unpaired) electrons. The number of hydrogen-bond acceptors (Lipinski definition) is 3. The molecule has 0 unspecified atom stereocenters. The minimum Gasteiger partial charge on any atom is -0.478 e. The third kappa shape index (κ3) is 2.72. The van der Waals surface area contributed by atoms with Crippen LogP contribution in [0.3, 0.4) is 0 Å². The molecule has 0 fully saturated rings. The first kappa shape index (κ1) is 10.0. The van der Waals surface area contributed by atoms with Crippen molar-refractivity contribution in [1.82, 2.24) is 4.98 Å². The fraction of sp³-hybridized carbons (Fsp3) is 0.417. The summed E-state index contributed by atoms with van der Waals surface area (Å²) >= 11 is 0. The van der Waals surface area contributed by atoms with E-state index in [0.717, 1.165) is 18.7 Å². The Kier molecular flexibility index (Phi) is 3.22. The Morgan fingerprint density at radius 3 is 2.93 bits per heavy atom. The molecule has 0 amide bonds. The number of rotatable bonds is 4. The molecule has 80 valence electrons. The maximum atomic E-state index is 5.34. The van der Waals surface area contributed by atoms with Gasteiger partial charge >= 0.3 is 0 Å². The highest BCUT2D eigenvalue weighted by atomic mass is 16.5. The molecular weight excluding hydrogens is 188 g/mol. The summed E-state index contributed by atoms with van der Waals surface area (Å²) in [7, 11) is 0. The standard InChI is InChI=1S/C12H16N2O/c1-2-15-12-9-5-8-11(14-12)13-10-6-3-4-7-10/h3-5,8-10H,2,6-7H2,1H3,(H,13,14). The number of hydrogen-bond donors (Lipinski definition) is 1. The van der Waals surface area contributed by atoms with Crippen molar-refractivity contribution in [3.63, 3.8) is 0 Å². The molecule has 1 heterocycles. The highest BCUT2D eigenvalue weighted by molar-refractivity contribution is 5.38. The van der Waals surface area contributed by atoms with Crippen LogP contribution in [0.5, 0.6) is 5.88 Å². The minimum absolute atomic E-state index is 0.495. The van der Waals surface area contributed by atoms with Gasteiger partial charge in [0.15, 0.2) is 0 Å². The largest absolute Gasteiger partial charge is 0.478 e. The van der Waals surface area contributed by atoms with Crippen LogP contribution in [0.1, 0.15) is 19.8 Å². The highest BCUT2D eigenvalue weighted by Crippen LogP contribution is 2.17. The van der Waals surface area contributed by atoms with E-state index in [0.29, 0.717) is 18.5 Å². The molecule has 0 saturated heterocycles. The van der Waals surface area contributed by atoms with E-state index in [4.69, 9.17) is 4.74 Å². The lowest BCUT2D eigenvalue weighted by molar-refractivity contribution is 0.327. The van der Waals surface area contributed by atoms with Crippen molar-refractivity contribution in [2.75, 3.05) is 11.9 Å². The van der Waals surface area contributed by atoms with Gasteiger partial charge in [-0.3, -0.25) is 0 Å². The fourth-order valence-corrected chi connectivity index (χ4v) is 1.67. The van der Waals surface area contributed by atoms with E-state index < -0.39 is 0 Å². The summed E-state index contributed by atoms with van der Waals surface area (Å²) in [5.74, 6) is 1.59. The Labute approximate surface area is 90.2 Å². The van der Waals surface area contributed by atoms with E-state index in [2.05, 4.69) is 22.5 Å². The van der Waals surface area contributed by atoms with Crippen LogP contribution in [0.4, 0.5) is 5.82 Å². The van der Waals surface area contributed by atoms with Crippen molar-refractivity contribution >= 4 is 5.82 Å². The lowest BCUT2D eigenvalue weighted by atomic mass is 10.2. The first-order valence-corrected chi connectivity index (χ1v) is 5.40. The third-order valence-corrected chi connectivity index (χ3v) is 2.38. The quantitative estimate of drug-likeness (QED) is 0.765. The van der Waals surface area contributed by atoms with Gasteiger partial charge < -0.3 is 10.1 Å². The number of nitrogens with zero attached hydrogens (tertiary/aromatic N) is 1. The lowest BCUT2D eigenvalue weighted by Crippen LogP contribution is -2.15. The summed E-state index contributed by atoms with van der Waals surface area (Å²) in [6, 6.07) is 6.31. The number of ether oxygens (including phenoxy) is 1. The third-order valence-electron chi connectivity index (χ3n) is 2.38. The van der Waals surface area contributed by atoms with Gasteiger partial charge in [0, 0.05) is 12.1 Å².